The molecule has 26 heavy (non-hydrogen) atoms. The van der Waals surface area contributed by atoms with Crippen LogP contribution in [0.5, 0.6) is 0 Å². The summed E-state index contributed by atoms with van der Waals surface area (Å²) < 4.78 is 3.93. The van der Waals surface area contributed by atoms with Crippen molar-refractivity contribution in [3.05, 3.63) is 64.0 Å². The molecule has 0 saturated heterocycles. The first-order chi connectivity index (χ1) is 12.6. The summed E-state index contributed by atoms with van der Waals surface area (Å²) in [5, 5.41) is 3.64. The Bertz CT molecular complexity index is 1050. The maximum atomic E-state index is 12.9. The topological polar surface area (TPSA) is 68.9 Å². The molecule has 1 aromatic carbocycles. The van der Waals surface area contributed by atoms with E-state index < -0.39 is 0 Å². The van der Waals surface area contributed by atoms with Crippen LogP contribution in [-0.4, -0.2) is 20.0 Å². The van der Waals surface area contributed by atoms with Gasteiger partial charge in [-0.2, -0.15) is 0 Å². The van der Waals surface area contributed by atoms with Gasteiger partial charge in [0.05, 0.1) is 11.6 Å². The number of carbonyl (C=O) groups excluding carboxylic acids is 1. The second-order valence-electron chi connectivity index (χ2n) is 6.84. The highest BCUT2D eigenvalue weighted by molar-refractivity contribution is 5.98. The quantitative estimate of drug-likeness (QED) is 0.769. The number of aromatic nitrogens is 3. The number of nitrogens with one attached hydrogen (secondary N) is 1. The monoisotopic (exact) mass is 350 g/mol. The standard InChI is InChI=1S/C20H22N4O2/c1-3-5-16(19-21-9-11-23(19)2)22-20(26)15-12-24-10-8-13-6-4-7-14(17(13)24)18(15)25/h4,6-7,9,11-12,16H,3,5,8,10H2,1-2H3,(H,22,26). The van der Waals surface area contributed by atoms with Gasteiger partial charge < -0.3 is 14.5 Å². The summed E-state index contributed by atoms with van der Waals surface area (Å²) in [5.74, 6) is 0.465. The van der Waals surface area contributed by atoms with Crippen molar-refractivity contribution >= 4 is 16.8 Å². The van der Waals surface area contributed by atoms with Gasteiger partial charge in [0.25, 0.3) is 5.91 Å². The molecule has 0 aliphatic carbocycles. The van der Waals surface area contributed by atoms with Gasteiger partial charge in [0.2, 0.25) is 5.43 Å². The molecular weight excluding hydrogens is 328 g/mol. The van der Waals surface area contributed by atoms with Crippen LogP contribution in [0.25, 0.3) is 10.9 Å². The molecule has 0 fully saturated rings. The molecule has 0 spiro atoms. The van der Waals surface area contributed by atoms with Crippen LogP contribution in [0, 0.1) is 0 Å². The van der Waals surface area contributed by atoms with E-state index in [1.165, 1.54) is 5.56 Å². The number of amides is 1. The van der Waals surface area contributed by atoms with E-state index in [-0.39, 0.29) is 22.9 Å². The van der Waals surface area contributed by atoms with Crippen molar-refractivity contribution in [2.24, 2.45) is 7.05 Å². The summed E-state index contributed by atoms with van der Waals surface area (Å²) >= 11 is 0. The lowest BCUT2D eigenvalue weighted by molar-refractivity contribution is 0.0930. The fourth-order valence-corrected chi connectivity index (χ4v) is 3.82. The van der Waals surface area contributed by atoms with Gasteiger partial charge in [-0.05, 0) is 24.5 Å². The van der Waals surface area contributed by atoms with Gasteiger partial charge in [-0.15, -0.1) is 0 Å². The van der Waals surface area contributed by atoms with Crippen LogP contribution in [0.1, 0.15) is 47.6 Å². The zero-order chi connectivity index (χ0) is 18.3. The third-order valence-electron chi connectivity index (χ3n) is 5.10. The van der Waals surface area contributed by atoms with E-state index in [4.69, 9.17) is 0 Å². The van der Waals surface area contributed by atoms with Crippen molar-refractivity contribution < 1.29 is 4.79 Å². The summed E-state index contributed by atoms with van der Waals surface area (Å²) in [6.45, 7) is 2.86. The van der Waals surface area contributed by atoms with Crippen molar-refractivity contribution in [1.29, 1.82) is 0 Å². The molecule has 0 radical (unpaired) electrons. The smallest absolute Gasteiger partial charge is 0.257 e. The maximum absolute atomic E-state index is 12.9. The zero-order valence-electron chi connectivity index (χ0n) is 15.0. The molecule has 1 aliphatic rings. The van der Waals surface area contributed by atoms with Crippen LogP contribution >= 0.6 is 0 Å². The molecule has 6 nitrogen and oxygen atoms in total. The second-order valence-corrected chi connectivity index (χ2v) is 6.84. The number of pyridine rings is 1. The molecule has 4 rings (SSSR count). The third-order valence-corrected chi connectivity index (χ3v) is 5.10. The van der Waals surface area contributed by atoms with Crippen LogP contribution in [-0.2, 0) is 20.0 Å². The summed E-state index contributed by atoms with van der Waals surface area (Å²) in [6.07, 6.45) is 7.85. The molecule has 3 heterocycles. The lowest BCUT2D eigenvalue weighted by Gasteiger charge is -2.18. The SMILES string of the molecule is CCCC(NC(=O)c1cn2c3c(cccc3c1=O)CC2)c1nccn1C. The minimum absolute atomic E-state index is 0.201. The van der Waals surface area contributed by atoms with Gasteiger partial charge in [-0.25, -0.2) is 4.98 Å². The average molecular weight is 350 g/mol. The first-order valence-electron chi connectivity index (χ1n) is 9.03. The Morgan fingerprint density at radius 3 is 2.96 bits per heavy atom. The van der Waals surface area contributed by atoms with Gasteiger partial charge >= 0.3 is 0 Å². The Morgan fingerprint density at radius 1 is 1.38 bits per heavy atom. The minimum Gasteiger partial charge on any atom is -0.346 e. The molecule has 3 aromatic rings. The lowest BCUT2D eigenvalue weighted by Crippen LogP contribution is -2.34. The van der Waals surface area contributed by atoms with E-state index in [1.54, 1.807) is 12.4 Å². The molecule has 1 unspecified atom stereocenters. The Hall–Kier alpha value is -2.89. The summed E-state index contributed by atoms with van der Waals surface area (Å²) in [5.41, 5.74) is 2.13. The lowest BCUT2D eigenvalue weighted by atomic mass is 10.1. The summed E-state index contributed by atoms with van der Waals surface area (Å²) in [6, 6.07) is 5.53. The normalized spacial score (nSPS) is 13.9. The number of benzene rings is 1. The highest BCUT2D eigenvalue weighted by Crippen LogP contribution is 2.24. The molecule has 6 heteroatoms. The van der Waals surface area contributed by atoms with Crippen LogP contribution in [0.3, 0.4) is 0 Å². The van der Waals surface area contributed by atoms with Gasteiger partial charge in [0, 0.05) is 37.6 Å². The first-order valence-corrected chi connectivity index (χ1v) is 9.03. The van der Waals surface area contributed by atoms with E-state index in [0.717, 1.165) is 37.1 Å². The molecule has 1 N–H and O–H groups in total. The zero-order valence-corrected chi connectivity index (χ0v) is 15.0. The Morgan fingerprint density at radius 2 is 2.23 bits per heavy atom. The number of para-hydroxylation sites is 1. The van der Waals surface area contributed by atoms with Crippen LogP contribution in [0.2, 0.25) is 0 Å². The Labute approximate surface area is 151 Å². The number of aryl methyl sites for hydroxylation is 3. The van der Waals surface area contributed by atoms with Gasteiger partial charge in [-0.1, -0.05) is 25.5 Å². The number of imidazole rings is 1. The van der Waals surface area contributed by atoms with Crippen LogP contribution < -0.4 is 10.7 Å². The first kappa shape index (κ1) is 16.6. The predicted octanol–water partition coefficient (Wildman–Crippen LogP) is 2.56. The average Bonchev–Trinajstić information content (AvgIpc) is 3.24. The molecule has 0 bridgehead atoms. The van der Waals surface area contributed by atoms with Gasteiger partial charge in [0.15, 0.2) is 0 Å². The Kier molecular flexibility index (Phi) is 4.11. The number of hydrogen-bond donors (Lipinski definition) is 1. The Balaban J connectivity index is 1.72. The largest absolute Gasteiger partial charge is 0.346 e. The molecular formula is C20H22N4O2. The minimum atomic E-state index is -0.334. The fraction of sp³-hybridized carbons (Fsp3) is 0.350. The van der Waals surface area contributed by atoms with Gasteiger partial charge in [0.1, 0.15) is 11.4 Å². The van der Waals surface area contributed by atoms with Crippen LogP contribution in [0.4, 0.5) is 0 Å². The second kappa shape index (κ2) is 6.44. The van der Waals surface area contributed by atoms with Crippen LogP contribution in [0.15, 0.2) is 41.6 Å². The molecule has 1 aliphatic heterocycles. The molecule has 1 atom stereocenters. The van der Waals surface area contributed by atoms with Gasteiger partial charge in [-0.3, -0.25) is 9.59 Å². The van der Waals surface area contributed by atoms with Crippen molar-refractivity contribution in [3.8, 4) is 0 Å². The summed E-state index contributed by atoms with van der Waals surface area (Å²) in [7, 11) is 1.91. The van der Waals surface area contributed by atoms with E-state index in [2.05, 4.69) is 17.2 Å². The maximum Gasteiger partial charge on any atom is 0.257 e. The van der Waals surface area contributed by atoms with E-state index in [9.17, 15) is 9.59 Å². The molecule has 1 amide bonds. The fourth-order valence-electron chi connectivity index (χ4n) is 3.82. The molecule has 134 valence electrons. The number of rotatable bonds is 5. The van der Waals surface area contributed by atoms with Crippen molar-refractivity contribution in [1.82, 2.24) is 19.4 Å². The highest BCUT2D eigenvalue weighted by Gasteiger charge is 2.23. The number of hydrogen-bond acceptors (Lipinski definition) is 3. The molecule has 2 aromatic heterocycles. The predicted molar refractivity (Wildman–Crippen MR) is 100 cm³/mol. The van der Waals surface area contributed by atoms with Crippen molar-refractivity contribution in [2.45, 2.75) is 38.8 Å². The van der Waals surface area contributed by atoms with E-state index >= 15 is 0 Å². The number of nitrogens with zero attached hydrogens (tertiary/aromatic N) is 3. The number of carbonyl (C=O) groups is 1. The highest BCUT2D eigenvalue weighted by atomic mass is 16.2. The van der Waals surface area contributed by atoms with E-state index in [0.29, 0.717) is 5.39 Å². The third kappa shape index (κ3) is 2.62. The van der Waals surface area contributed by atoms with E-state index in [1.807, 2.05) is 40.6 Å². The molecule has 0 saturated carbocycles. The van der Waals surface area contributed by atoms with Crippen molar-refractivity contribution in [2.75, 3.05) is 0 Å². The summed E-state index contributed by atoms with van der Waals surface area (Å²) in [4.78, 5) is 30.2. The van der Waals surface area contributed by atoms with Crippen molar-refractivity contribution in [3.63, 3.8) is 0 Å².